The van der Waals surface area contributed by atoms with E-state index in [1.165, 1.54) is 12.1 Å². The number of halogens is 1. The maximum absolute atomic E-state index is 13.4. The highest BCUT2D eigenvalue weighted by Gasteiger charge is 2.07. The van der Waals surface area contributed by atoms with Crippen molar-refractivity contribution in [3.8, 4) is 0 Å². The van der Waals surface area contributed by atoms with Crippen molar-refractivity contribution in [2.75, 3.05) is 11.9 Å². The van der Waals surface area contributed by atoms with Crippen LogP contribution in [0.15, 0.2) is 24.3 Å². The molecule has 0 saturated carbocycles. The molecule has 1 aromatic rings. The van der Waals surface area contributed by atoms with Crippen molar-refractivity contribution in [2.24, 2.45) is 5.92 Å². The monoisotopic (exact) mass is 281 g/mol. The molecule has 108 valence electrons. The molecule has 5 nitrogen and oxygen atoms in total. The lowest BCUT2D eigenvalue weighted by Crippen LogP contribution is -2.16. The van der Waals surface area contributed by atoms with Gasteiger partial charge in [0.1, 0.15) is 5.82 Å². The van der Waals surface area contributed by atoms with E-state index in [0.29, 0.717) is 5.69 Å². The molecular weight excluding hydrogens is 265 g/mol. The second-order valence-electron chi connectivity index (χ2n) is 4.53. The highest BCUT2D eigenvalue weighted by Crippen LogP contribution is 2.16. The Morgan fingerprint density at radius 3 is 2.75 bits per heavy atom. The molecule has 1 rings (SSSR count). The summed E-state index contributed by atoms with van der Waals surface area (Å²) in [6.45, 7) is 4.08. The third kappa shape index (κ3) is 5.51. The second kappa shape index (κ2) is 7.28. The van der Waals surface area contributed by atoms with Gasteiger partial charge < -0.3 is 9.84 Å². The summed E-state index contributed by atoms with van der Waals surface area (Å²) in [5.41, 5.74) is 0.388. The average molecular weight is 281 g/mol. The Balaban J connectivity index is 2.74. The fourth-order valence-electron chi connectivity index (χ4n) is 1.31. The first kappa shape index (κ1) is 15.7. The van der Waals surface area contributed by atoms with Crippen molar-refractivity contribution < 1.29 is 23.8 Å². The van der Waals surface area contributed by atoms with Gasteiger partial charge in [0.2, 0.25) is 0 Å². The van der Waals surface area contributed by atoms with E-state index in [0.717, 1.165) is 18.2 Å². The van der Waals surface area contributed by atoms with E-state index >= 15 is 0 Å². The van der Waals surface area contributed by atoms with Gasteiger partial charge in [-0.25, -0.2) is 14.0 Å². The number of carboxylic acid groups (broad SMARTS) is 1. The third-order valence-corrected chi connectivity index (χ3v) is 2.20. The van der Waals surface area contributed by atoms with Crippen molar-refractivity contribution in [2.45, 2.75) is 13.8 Å². The average Bonchev–Trinajstić information content (AvgIpc) is 2.37. The van der Waals surface area contributed by atoms with E-state index in [9.17, 15) is 14.0 Å². The predicted octanol–water partition coefficient (Wildman–Crippen LogP) is 3.13. The van der Waals surface area contributed by atoms with E-state index in [-0.39, 0.29) is 18.1 Å². The van der Waals surface area contributed by atoms with Gasteiger partial charge in [0.05, 0.1) is 6.61 Å². The van der Waals surface area contributed by atoms with Crippen LogP contribution in [0.4, 0.5) is 14.9 Å². The van der Waals surface area contributed by atoms with Crippen molar-refractivity contribution in [3.05, 3.63) is 35.7 Å². The lowest BCUT2D eigenvalue weighted by molar-refractivity contribution is -0.131. The number of ether oxygens (including phenoxy) is 1. The molecule has 1 amide bonds. The zero-order valence-electron chi connectivity index (χ0n) is 11.2. The maximum atomic E-state index is 13.4. The zero-order chi connectivity index (χ0) is 15.1. The number of aliphatic carboxylic acids is 1. The Morgan fingerprint density at radius 2 is 2.15 bits per heavy atom. The Kier molecular flexibility index (Phi) is 5.71. The standard InChI is InChI=1S/C14H16FNO4/c1-9(2)8-20-14(19)16-11-4-5-12(15)10(7-11)3-6-13(17)18/h3-7,9H,8H2,1-2H3,(H,16,19)(H,17,18)/b6-3+. The van der Waals surface area contributed by atoms with Gasteiger partial charge in [-0.05, 0) is 30.2 Å². The number of benzene rings is 1. The third-order valence-electron chi connectivity index (χ3n) is 2.20. The van der Waals surface area contributed by atoms with Crippen molar-refractivity contribution in [3.63, 3.8) is 0 Å². The lowest BCUT2D eigenvalue weighted by atomic mass is 10.1. The van der Waals surface area contributed by atoms with Crippen LogP contribution in [0, 0.1) is 11.7 Å². The Hall–Kier alpha value is -2.37. The molecule has 0 fully saturated rings. The number of amides is 1. The molecule has 2 N–H and O–H groups in total. The maximum Gasteiger partial charge on any atom is 0.411 e. The van der Waals surface area contributed by atoms with E-state index in [4.69, 9.17) is 9.84 Å². The van der Waals surface area contributed by atoms with Crippen LogP contribution in [0.5, 0.6) is 0 Å². The highest BCUT2D eigenvalue weighted by atomic mass is 19.1. The first-order valence-electron chi connectivity index (χ1n) is 6.03. The number of anilines is 1. The molecule has 0 heterocycles. The summed E-state index contributed by atoms with van der Waals surface area (Å²) in [5.74, 6) is -1.55. The minimum atomic E-state index is -1.18. The topological polar surface area (TPSA) is 75.6 Å². The first-order valence-corrected chi connectivity index (χ1v) is 6.03. The van der Waals surface area contributed by atoms with Crippen LogP contribution in [0.25, 0.3) is 6.08 Å². The number of carbonyl (C=O) groups is 2. The van der Waals surface area contributed by atoms with Gasteiger partial charge in [0.15, 0.2) is 0 Å². The van der Waals surface area contributed by atoms with Crippen LogP contribution in [-0.2, 0) is 9.53 Å². The molecule has 0 aliphatic heterocycles. The van der Waals surface area contributed by atoms with E-state index in [1.54, 1.807) is 0 Å². The number of hydrogen-bond acceptors (Lipinski definition) is 3. The number of rotatable bonds is 5. The first-order chi connectivity index (χ1) is 9.38. The quantitative estimate of drug-likeness (QED) is 0.813. The summed E-state index contributed by atoms with van der Waals surface area (Å²) in [7, 11) is 0. The Bertz CT molecular complexity index is 526. The van der Waals surface area contributed by atoms with Gasteiger partial charge in [-0.15, -0.1) is 0 Å². The van der Waals surface area contributed by atoms with Crippen LogP contribution in [-0.4, -0.2) is 23.8 Å². The molecule has 0 aliphatic carbocycles. The van der Waals surface area contributed by atoms with Gasteiger partial charge in [0, 0.05) is 17.3 Å². The molecule has 1 aromatic carbocycles. The fraction of sp³-hybridized carbons (Fsp3) is 0.286. The summed E-state index contributed by atoms with van der Waals surface area (Å²) in [6.07, 6.45) is 1.29. The van der Waals surface area contributed by atoms with Crippen molar-refractivity contribution in [1.82, 2.24) is 0 Å². The molecule has 20 heavy (non-hydrogen) atoms. The van der Waals surface area contributed by atoms with Crippen LogP contribution < -0.4 is 5.32 Å². The predicted molar refractivity (Wildman–Crippen MR) is 72.9 cm³/mol. The second-order valence-corrected chi connectivity index (χ2v) is 4.53. The molecule has 0 aliphatic rings. The molecule has 0 spiro atoms. The Morgan fingerprint density at radius 1 is 1.45 bits per heavy atom. The summed E-state index contributed by atoms with van der Waals surface area (Å²) < 4.78 is 18.3. The van der Waals surface area contributed by atoms with Crippen LogP contribution >= 0.6 is 0 Å². The zero-order valence-corrected chi connectivity index (χ0v) is 11.2. The van der Waals surface area contributed by atoms with Crippen LogP contribution in [0.2, 0.25) is 0 Å². The van der Waals surface area contributed by atoms with Crippen LogP contribution in [0.3, 0.4) is 0 Å². The molecule has 0 radical (unpaired) electrons. The largest absolute Gasteiger partial charge is 0.478 e. The van der Waals surface area contributed by atoms with E-state index < -0.39 is 17.9 Å². The number of nitrogens with one attached hydrogen (secondary N) is 1. The minimum Gasteiger partial charge on any atom is -0.478 e. The molecule has 0 aromatic heterocycles. The molecule has 0 bridgehead atoms. The summed E-state index contributed by atoms with van der Waals surface area (Å²) in [4.78, 5) is 21.8. The van der Waals surface area contributed by atoms with E-state index in [1.807, 2.05) is 13.8 Å². The van der Waals surface area contributed by atoms with Gasteiger partial charge in [0.25, 0.3) is 0 Å². The number of carboxylic acids is 1. The minimum absolute atomic E-state index is 0.0639. The van der Waals surface area contributed by atoms with Crippen molar-refractivity contribution in [1.29, 1.82) is 0 Å². The van der Waals surface area contributed by atoms with Gasteiger partial charge in [-0.2, -0.15) is 0 Å². The van der Waals surface area contributed by atoms with Crippen molar-refractivity contribution >= 4 is 23.8 Å². The normalized spacial score (nSPS) is 10.8. The van der Waals surface area contributed by atoms with Gasteiger partial charge >= 0.3 is 12.1 Å². The smallest absolute Gasteiger partial charge is 0.411 e. The Labute approximate surface area is 116 Å². The van der Waals surface area contributed by atoms with Crippen LogP contribution in [0.1, 0.15) is 19.4 Å². The highest BCUT2D eigenvalue weighted by molar-refractivity contribution is 5.87. The summed E-state index contributed by atoms with van der Waals surface area (Å²) in [6, 6.07) is 3.83. The molecule has 0 unspecified atom stereocenters. The lowest BCUT2D eigenvalue weighted by Gasteiger charge is -2.09. The SMILES string of the molecule is CC(C)COC(=O)Nc1ccc(F)c(/C=C/C(=O)O)c1. The fourth-order valence-corrected chi connectivity index (χ4v) is 1.31. The molecular formula is C14H16FNO4. The number of hydrogen-bond donors (Lipinski definition) is 2. The molecule has 6 heteroatoms. The molecule has 0 saturated heterocycles. The van der Waals surface area contributed by atoms with Gasteiger partial charge in [-0.3, -0.25) is 5.32 Å². The summed E-state index contributed by atoms with van der Waals surface area (Å²) in [5, 5.41) is 10.9. The van der Waals surface area contributed by atoms with Gasteiger partial charge in [-0.1, -0.05) is 13.8 Å². The molecule has 0 atom stereocenters. The number of carbonyl (C=O) groups excluding carboxylic acids is 1. The summed E-state index contributed by atoms with van der Waals surface area (Å²) >= 11 is 0. The van der Waals surface area contributed by atoms with E-state index in [2.05, 4.69) is 5.32 Å².